The topological polar surface area (TPSA) is 46.5 Å². The molecule has 0 bridgehead atoms. The molecule has 0 unspecified atom stereocenters. The van der Waals surface area contributed by atoms with Gasteiger partial charge in [0.2, 0.25) is 0 Å². The highest BCUT2D eigenvalue weighted by atomic mass is 19.3. The highest BCUT2D eigenvalue weighted by Gasteiger charge is 2.38. The van der Waals surface area contributed by atoms with Gasteiger partial charge < -0.3 is 9.84 Å². The minimum absolute atomic E-state index is 0.0380. The Hall–Kier alpha value is -1.65. The highest BCUT2D eigenvalue weighted by molar-refractivity contribution is 5.81. The maximum Gasteiger partial charge on any atom is 0.387 e. The van der Waals surface area contributed by atoms with E-state index < -0.39 is 18.0 Å². The molecule has 1 rings (SSSR count). The van der Waals surface area contributed by atoms with Crippen LogP contribution in [-0.4, -0.2) is 17.7 Å². The predicted molar refractivity (Wildman–Crippen MR) is 72.2 cm³/mol. The summed E-state index contributed by atoms with van der Waals surface area (Å²) in [5.74, 6) is -0.834. The van der Waals surface area contributed by atoms with Crippen molar-refractivity contribution < 1.29 is 23.4 Å². The van der Waals surface area contributed by atoms with Crippen LogP contribution in [0.4, 0.5) is 8.78 Å². The molecule has 0 fully saturated rings. The Morgan fingerprint density at radius 2 is 1.70 bits per heavy atom. The first kappa shape index (κ1) is 16.4. The average Bonchev–Trinajstić information content (AvgIpc) is 2.38. The van der Waals surface area contributed by atoms with Gasteiger partial charge in [-0.2, -0.15) is 8.78 Å². The number of carboxylic acid groups (broad SMARTS) is 1. The van der Waals surface area contributed by atoms with E-state index in [0.29, 0.717) is 18.4 Å². The van der Waals surface area contributed by atoms with E-state index in [1.54, 1.807) is 12.1 Å². The van der Waals surface area contributed by atoms with E-state index in [1.165, 1.54) is 12.1 Å². The zero-order valence-corrected chi connectivity index (χ0v) is 11.7. The Kier molecular flexibility index (Phi) is 5.92. The molecule has 0 atom stereocenters. The second kappa shape index (κ2) is 7.22. The molecule has 112 valence electrons. The van der Waals surface area contributed by atoms with Gasteiger partial charge in [0, 0.05) is 0 Å². The van der Waals surface area contributed by atoms with Crippen molar-refractivity contribution in [3.05, 3.63) is 29.8 Å². The molecular formula is C15H20F2O3. The third-order valence-electron chi connectivity index (χ3n) is 3.40. The van der Waals surface area contributed by atoms with Crippen LogP contribution in [0.2, 0.25) is 0 Å². The number of carbonyl (C=O) groups is 1. The largest absolute Gasteiger partial charge is 0.481 e. The molecule has 1 aromatic rings. The summed E-state index contributed by atoms with van der Waals surface area (Å²) in [5.41, 5.74) is -0.317. The van der Waals surface area contributed by atoms with E-state index in [2.05, 4.69) is 4.74 Å². The van der Waals surface area contributed by atoms with Crippen molar-refractivity contribution in [2.45, 2.75) is 51.6 Å². The number of halogens is 2. The Morgan fingerprint density at radius 1 is 1.20 bits per heavy atom. The maximum atomic E-state index is 12.1. The minimum Gasteiger partial charge on any atom is -0.481 e. The average molecular weight is 286 g/mol. The van der Waals surface area contributed by atoms with Crippen molar-refractivity contribution in [1.82, 2.24) is 0 Å². The molecular weight excluding hydrogens is 266 g/mol. The van der Waals surface area contributed by atoms with E-state index in [9.17, 15) is 18.7 Å². The van der Waals surface area contributed by atoms with Gasteiger partial charge in [-0.3, -0.25) is 4.79 Å². The van der Waals surface area contributed by atoms with E-state index in [1.807, 2.05) is 13.8 Å². The first-order valence-electron chi connectivity index (χ1n) is 6.75. The van der Waals surface area contributed by atoms with Crippen LogP contribution in [0.1, 0.15) is 45.1 Å². The predicted octanol–water partition coefficient (Wildman–Crippen LogP) is 4.21. The fraction of sp³-hybridized carbons (Fsp3) is 0.533. The lowest BCUT2D eigenvalue weighted by molar-refractivity contribution is -0.144. The normalized spacial score (nSPS) is 11.7. The van der Waals surface area contributed by atoms with Crippen LogP contribution in [0.25, 0.3) is 0 Å². The summed E-state index contributed by atoms with van der Waals surface area (Å²) in [5, 5.41) is 9.60. The second-order valence-electron chi connectivity index (χ2n) is 4.79. The Morgan fingerprint density at radius 3 is 2.05 bits per heavy atom. The smallest absolute Gasteiger partial charge is 0.387 e. The fourth-order valence-electron chi connectivity index (χ4n) is 2.56. The van der Waals surface area contributed by atoms with Crippen molar-refractivity contribution in [3.63, 3.8) is 0 Å². The molecule has 0 aliphatic rings. The molecule has 3 nitrogen and oxygen atoms in total. The van der Waals surface area contributed by atoms with Gasteiger partial charge in [-0.1, -0.05) is 38.8 Å². The molecule has 0 saturated carbocycles. The van der Waals surface area contributed by atoms with E-state index in [0.717, 1.165) is 12.8 Å². The van der Waals surface area contributed by atoms with Gasteiger partial charge in [0.1, 0.15) is 5.75 Å². The number of carboxylic acids is 1. The number of aliphatic carboxylic acids is 1. The summed E-state index contributed by atoms with van der Waals surface area (Å²) in [6, 6.07) is 5.92. The summed E-state index contributed by atoms with van der Waals surface area (Å²) in [6.45, 7) is 0.986. The second-order valence-corrected chi connectivity index (χ2v) is 4.79. The van der Waals surface area contributed by atoms with Gasteiger partial charge in [0.25, 0.3) is 0 Å². The highest BCUT2D eigenvalue weighted by Crippen LogP contribution is 2.35. The van der Waals surface area contributed by atoms with Crippen molar-refractivity contribution in [2.75, 3.05) is 0 Å². The van der Waals surface area contributed by atoms with Crippen molar-refractivity contribution in [1.29, 1.82) is 0 Å². The van der Waals surface area contributed by atoms with Gasteiger partial charge in [0.05, 0.1) is 5.41 Å². The third kappa shape index (κ3) is 3.68. The zero-order chi connectivity index (χ0) is 15.2. The van der Waals surface area contributed by atoms with Crippen molar-refractivity contribution in [3.8, 4) is 5.75 Å². The molecule has 0 amide bonds. The molecule has 1 aromatic carbocycles. The summed E-state index contributed by atoms with van der Waals surface area (Å²) in [6.07, 6.45) is 2.51. The Bertz CT molecular complexity index is 423. The van der Waals surface area contributed by atoms with Gasteiger partial charge in [-0.25, -0.2) is 0 Å². The Labute approximate surface area is 117 Å². The van der Waals surface area contributed by atoms with E-state index in [-0.39, 0.29) is 5.75 Å². The lowest BCUT2D eigenvalue weighted by Gasteiger charge is -2.29. The quantitative estimate of drug-likeness (QED) is 0.778. The monoisotopic (exact) mass is 286 g/mol. The van der Waals surface area contributed by atoms with Gasteiger partial charge in [-0.15, -0.1) is 0 Å². The molecule has 0 aromatic heterocycles. The lowest BCUT2D eigenvalue weighted by atomic mass is 9.73. The molecule has 0 heterocycles. The summed E-state index contributed by atoms with van der Waals surface area (Å²) in [4.78, 5) is 11.7. The first-order chi connectivity index (χ1) is 9.46. The van der Waals surface area contributed by atoms with Gasteiger partial charge in [0.15, 0.2) is 0 Å². The van der Waals surface area contributed by atoms with Crippen LogP contribution in [0.5, 0.6) is 5.75 Å². The fourth-order valence-corrected chi connectivity index (χ4v) is 2.56. The molecule has 0 radical (unpaired) electrons. The van der Waals surface area contributed by atoms with E-state index in [4.69, 9.17) is 0 Å². The third-order valence-corrected chi connectivity index (χ3v) is 3.40. The summed E-state index contributed by atoms with van der Waals surface area (Å²) >= 11 is 0. The molecule has 20 heavy (non-hydrogen) atoms. The standard InChI is InChI=1S/C15H20F2O3/c1-3-9-15(10-4-2,13(18)19)11-5-7-12(8-6-11)20-14(16)17/h5-8,14H,3-4,9-10H2,1-2H3,(H,18,19). The molecule has 1 N–H and O–H groups in total. The summed E-state index contributed by atoms with van der Waals surface area (Å²) < 4.78 is 28.5. The number of rotatable bonds is 8. The molecule has 5 heteroatoms. The number of hydrogen-bond donors (Lipinski definition) is 1. The molecule has 0 aliphatic carbocycles. The number of ether oxygens (including phenoxy) is 1. The van der Waals surface area contributed by atoms with E-state index >= 15 is 0 Å². The number of alkyl halides is 2. The minimum atomic E-state index is -2.88. The van der Waals surface area contributed by atoms with Crippen LogP contribution >= 0.6 is 0 Å². The van der Waals surface area contributed by atoms with Crippen LogP contribution in [0.15, 0.2) is 24.3 Å². The van der Waals surface area contributed by atoms with Crippen molar-refractivity contribution in [2.24, 2.45) is 0 Å². The SMILES string of the molecule is CCCC(CCC)(C(=O)O)c1ccc(OC(F)F)cc1. The van der Waals surface area contributed by atoms with Crippen LogP contribution in [0, 0.1) is 0 Å². The summed E-state index contributed by atoms with van der Waals surface area (Å²) in [7, 11) is 0. The molecule has 0 spiro atoms. The van der Waals surface area contributed by atoms with Crippen LogP contribution in [0.3, 0.4) is 0 Å². The first-order valence-corrected chi connectivity index (χ1v) is 6.75. The van der Waals surface area contributed by atoms with Crippen molar-refractivity contribution >= 4 is 5.97 Å². The van der Waals surface area contributed by atoms with Crippen LogP contribution in [-0.2, 0) is 10.2 Å². The zero-order valence-electron chi connectivity index (χ0n) is 11.7. The van der Waals surface area contributed by atoms with Crippen LogP contribution < -0.4 is 4.74 Å². The lowest BCUT2D eigenvalue weighted by Crippen LogP contribution is -2.35. The molecule has 0 aliphatic heterocycles. The van der Waals surface area contributed by atoms with Gasteiger partial charge in [-0.05, 0) is 30.5 Å². The number of hydrogen-bond acceptors (Lipinski definition) is 2. The van der Waals surface area contributed by atoms with Gasteiger partial charge >= 0.3 is 12.6 Å². The Balaban J connectivity index is 3.10. The maximum absolute atomic E-state index is 12.1. The number of benzene rings is 1. The molecule has 0 saturated heterocycles.